The van der Waals surface area contributed by atoms with Gasteiger partial charge in [0.2, 0.25) is 5.91 Å². The van der Waals surface area contributed by atoms with Crippen LogP contribution in [0.15, 0.2) is 0 Å². The first-order valence-corrected chi connectivity index (χ1v) is 7.91. The summed E-state index contributed by atoms with van der Waals surface area (Å²) >= 11 is 0. The Balaban J connectivity index is 1.83. The number of nitrogens with one attached hydrogen (secondary N) is 2. The van der Waals surface area contributed by atoms with Crippen molar-refractivity contribution >= 4 is 5.91 Å². The van der Waals surface area contributed by atoms with Crippen LogP contribution in [0, 0.1) is 5.92 Å². The standard InChI is InChI=1S/C14H25F3N4O/c15-14(16,17)12(21-6-4-19-5-7-21)9-20-13(22)8-10-2-1-3-11(10)18/h10-12,19H,1-9,18H2,(H,20,22)/t10-,11+,12?/m0/s1. The summed E-state index contributed by atoms with van der Waals surface area (Å²) in [6, 6.07) is -1.62. The van der Waals surface area contributed by atoms with Crippen molar-refractivity contribution in [1.29, 1.82) is 0 Å². The van der Waals surface area contributed by atoms with Crippen LogP contribution in [0.25, 0.3) is 0 Å². The van der Waals surface area contributed by atoms with E-state index in [4.69, 9.17) is 5.73 Å². The minimum Gasteiger partial charge on any atom is -0.354 e. The number of rotatable bonds is 5. The Kier molecular flexibility index (Phi) is 6.05. The predicted molar refractivity (Wildman–Crippen MR) is 77.2 cm³/mol. The molecular formula is C14H25F3N4O. The van der Waals surface area contributed by atoms with Gasteiger partial charge in [0.05, 0.1) is 0 Å². The average molecular weight is 322 g/mol. The Morgan fingerprint density at radius 3 is 2.55 bits per heavy atom. The number of nitrogens with two attached hydrogens (primary N) is 1. The van der Waals surface area contributed by atoms with Gasteiger partial charge in [-0.2, -0.15) is 13.2 Å². The maximum Gasteiger partial charge on any atom is 0.405 e. The molecule has 8 heteroatoms. The van der Waals surface area contributed by atoms with E-state index in [1.54, 1.807) is 0 Å². The molecule has 5 nitrogen and oxygen atoms in total. The first kappa shape index (κ1) is 17.5. The number of hydrogen-bond donors (Lipinski definition) is 3. The molecule has 1 saturated heterocycles. The quantitative estimate of drug-likeness (QED) is 0.688. The Hall–Kier alpha value is -0.860. The van der Waals surface area contributed by atoms with Gasteiger partial charge in [-0.3, -0.25) is 9.69 Å². The molecule has 0 spiro atoms. The minimum absolute atomic E-state index is 0.00247. The predicted octanol–water partition coefficient (Wildman–Crippen LogP) is 0.456. The Bertz CT molecular complexity index is 372. The van der Waals surface area contributed by atoms with Gasteiger partial charge in [0, 0.05) is 45.2 Å². The number of carbonyl (C=O) groups is 1. The summed E-state index contributed by atoms with van der Waals surface area (Å²) in [6.07, 6.45) is -1.34. The first-order chi connectivity index (χ1) is 10.4. The summed E-state index contributed by atoms with van der Waals surface area (Å²) in [5.41, 5.74) is 5.89. The van der Waals surface area contributed by atoms with E-state index in [9.17, 15) is 18.0 Å². The molecule has 1 heterocycles. The highest BCUT2D eigenvalue weighted by molar-refractivity contribution is 5.76. The second-order valence-electron chi connectivity index (χ2n) is 6.21. The van der Waals surface area contributed by atoms with Crippen molar-refractivity contribution in [3.63, 3.8) is 0 Å². The maximum atomic E-state index is 13.2. The molecule has 0 aromatic rings. The monoisotopic (exact) mass is 322 g/mol. The van der Waals surface area contributed by atoms with Crippen LogP contribution < -0.4 is 16.4 Å². The molecule has 2 rings (SSSR count). The molecule has 2 fully saturated rings. The molecule has 0 aromatic carbocycles. The zero-order chi connectivity index (χ0) is 16.2. The van der Waals surface area contributed by atoms with E-state index >= 15 is 0 Å². The number of hydrogen-bond acceptors (Lipinski definition) is 4. The normalized spacial score (nSPS) is 28.5. The molecule has 0 bridgehead atoms. The number of piperazine rings is 1. The van der Waals surface area contributed by atoms with Crippen LogP contribution in [0.5, 0.6) is 0 Å². The van der Waals surface area contributed by atoms with Crippen LogP contribution in [-0.2, 0) is 4.79 Å². The third-order valence-corrected chi connectivity index (χ3v) is 4.63. The van der Waals surface area contributed by atoms with Gasteiger partial charge in [-0.25, -0.2) is 0 Å². The van der Waals surface area contributed by atoms with E-state index in [2.05, 4.69) is 10.6 Å². The Morgan fingerprint density at radius 2 is 2.00 bits per heavy atom. The summed E-state index contributed by atoms with van der Waals surface area (Å²) in [5, 5.41) is 5.49. The van der Waals surface area contributed by atoms with Crippen molar-refractivity contribution in [2.45, 2.75) is 43.9 Å². The van der Waals surface area contributed by atoms with Crippen LogP contribution in [0.2, 0.25) is 0 Å². The van der Waals surface area contributed by atoms with Crippen molar-refractivity contribution in [3.05, 3.63) is 0 Å². The fraction of sp³-hybridized carbons (Fsp3) is 0.929. The van der Waals surface area contributed by atoms with Crippen molar-refractivity contribution in [1.82, 2.24) is 15.5 Å². The molecule has 0 radical (unpaired) electrons. The lowest BCUT2D eigenvalue weighted by Gasteiger charge is -2.36. The lowest BCUT2D eigenvalue weighted by Crippen LogP contribution is -2.57. The summed E-state index contributed by atoms with van der Waals surface area (Å²) in [7, 11) is 0. The van der Waals surface area contributed by atoms with E-state index in [-0.39, 0.29) is 30.8 Å². The van der Waals surface area contributed by atoms with Gasteiger partial charge in [0.15, 0.2) is 0 Å². The molecule has 128 valence electrons. The van der Waals surface area contributed by atoms with E-state index in [1.165, 1.54) is 4.90 Å². The number of alkyl halides is 3. The third kappa shape index (κ3) is 4.82. The molecule has 2 aliphatic rings. The zero-order valence-corrected chi connectivity index (χ0v) is 12.7. The van der Waals surface area contributed by atoms with Crippen molar-refractivity contribution in [3.8, 4) is 0 Å². The molecule has 0 aromatic heterocycles. The van der Waals surface area contributed by atoms with Gasteiger partial charge < -0.3 is 16.4 Å². The molecule has 1 saturated carbocycles. The number of amides is 1. The van der Waals surface area contributed by atoms with Gasteiger partial charge in [-0.15, -0.1) is 0 Å². The Labute approximate surface area is 128 Å². The molecule has 1 amide bonds. The van der Waals surface area contributed by atoms with Gasteiger partial charge in [-0.1, -0.05) is 6.42 Å². The molecule has 1 aliphatic heterocycles. The van der Waals surface area contributed by atoms with Gasteiger partial charge in [-0.05, 0) is 18.8 Å². The van der Waals surface area contributed by atoms with Crippen molar-refractivity contribution in [2.24, 2.45) is 11.7 Å². The summed E-state index contributed by atoms with van der Waals surface area (Å²) < 4.78 is 39.6. The third-order valence-electron chi connectivity index (χ3n) is 4.63. The highest BCUT2D eigenvalue weighted by Gasteiger charge is 2.43. The van der Waals surface area contributed by atoms with E-state index in [0.29, 0.717) is 26.2 Å². The topological polar surface area (TPSA) is 70.4 Å². The largest absolute Gasteiger partial charge is 0.405 e. The summed E-state index contributed by atoms with van der Waals surface area (Å²) in [5.74, 6) is -0.227. The first-order valence-electron chi connectivity index (χ1n) is 7.91. The van der Waals surface area contributed by atoms with Crippen molar-refractivity contribution < 1.29 is 18.0 Å². The van der Waals surface area contributed by atoms with Gasteiger partial charge in [0.1, 0.15) is 6.04 Å². The second-order valence-corrected chi connectivity index (χ2v) is 6.21. The number of carbonyl (C=O) groups excluding carboxylic acids is 1. The molecule has 4 N–H and O–H groups in total. The fourth-order valence-electron chi connectivity index (χ4n) is 3.29. The average Bonchev–Trinajstić information content (AvgIpc) is 2.84. The van der Waals surface area contributed by atoms with Crippen LogP contribution >= 0.6 is 0 Å². The molecule has 1 aliphatic carbocycles. The second kappa shape index (κ2) is 7.61. The smallest absolute Gasteiger partial charge is 0.354 e. The molecule has 1 unspecified atom stereocenters. The van der Waals surface area contributed by atoms with E-state index in [0.717, 1.165) is 19.3 Å². The van der Waals surface area contributed by atoms with E-state index in [1.807, 2.05) is 0 Å². The Morgan fingerprint density at radius 1 is 1.32 bits per heavy atom. The number of nitrogens with zero attached hydrogens (tertiary/aromatic N) is 1. The highest BCUT2D eigenvalue weighted by atomic mass is 19.4. The van der Waals surface area contributed by atoms with Crippen molar-refractivity contribution in [2.75, 3.05) is 32.7 Å². The van der Waals surface area contributed by atoms with Gasteiger partial charge >= 0.3 is 6.18 Å². The van der Waals surface area contributed by atoms with Crippen LogP contribution in [0.4, 0.5) is 13.2 Å². The molecular weight excluding hydrogens is 297 g/mol. The van der Waals surface area contributed by atoms with Crippen LogP contribution in [0.1, 0.15) is 25.7 Å². The van der Waals surface area contributed by atoms with Crippen LogP contribution in [-0.4, -0.2) is 61.8 Å². The van der Waals surface area contributed by atoms with Crippen LogP contribution in [0.3, 0.4) is 0 Å². The lowest BCUT2D eigenvalue weighted by molar-refractivity contribution is -0.184. The maximum absolute atomic E-state index is 13.2. The van der Waals surface area contributed by atoms with Gasteiger partial charge in [0.25, 0.3) is 0 Å². The molecule has 22 heavy (non-hydrogen) atoms. The number of halogens is 3. The van der Waals surface area contributed by atoms with E-state index < -0.39 is 12.2 Å². The highest BCUT2D eigenvalue weighted by Crippen LogP contribution is 2.27. The SMILES string of the molecule is N[C@@H]1CCC[C@H]1CC(=O)NCC(N1CCNCC1)C(F)(F)F. The fourth-order valence-corrected chi connectivity index (χ4v) is 3.29. The summed E-state index contributed by atoms with van der Waals surface area (Å²) in [4.78, 5) is 13.3. The molecule has 3 atom stereocenters. The summed E-state index contributed by atoms with van der Waals surface area (Å²) in [6.45, 7) is 1.38. The zero-order valence-electron chi connectivity index (χ0n) is 12.7. The minimum atomic E-state index is -4.34. The lowest BCUT2D eigenvalue weighted by atomic mass is 10.00.